The van der Waals surface area contributed by atoms with Crippen LogP contribution < -0.4 is 5.32 Å². The molecule has 0 aliphatic carbocycles. The van der Waals surface area contributed by atoms with E-state index in [9.17, 15) is 0 Å². The molecule has 98 valence electrons. The van der Waals surface area contributed by atoms with E-state index in [4.69, 9.17) is 0 Å². The molecular formula is C12H17BrN4S. The third-order valence-electron chi connectivity index (χ3n) is 2.88. The number of thioether (sulfide) groups is 1. The van der Waals surface area contributed by atoms with Gasteiger partial charge in [-0.05, 0) is 35.2 Å². The van der Waals surface area contributed by atoms with Gasteiger partial charge in [0, 0.05) is 18.0 Å². The fourth-order valence-electron chi connectivity index (χ4n) is 1.69. The molecule has 0 bridgehead atoms. The molecule has 1 N–H and O–H groups in total. The average Bonchev–Trinajstić information content (AvgIpc) is 2.77. The van der Waals surface area contributed by atoms with Gasteiger partial charge in [-0.2, -0.15) is 11.8 Å². The minimum atomic E-state index is 0.707. The van der Waals surface area contributed by atoms with Gasteiger partial charge >= 0.3 is 0 Å². The smallest absolute Gasteiger partial charge is 0.155 e. The van der Waals surface area contributed by atoms with Crippen molar-refractivity contribution < 1.29 is 0 Å². The van der Waals surface area contributed by atoms with E-state index in [0.29, 0.717) is 5.25 Å². The van der Waals surface area contributed by atoms with Crippen molar-refractivity contribution in [3.63, 3.8) is 0 Å². The Morgan fingerprint density at radius 1 is 1.44 bits per heavy atom. The summed E-state index contributed by atoms with van der Waals surface area (Å²) in [5, 5.41) is 4.16. The lowest BCUT2D eigenvalue weighted by molar-refractivity contribution is 0.636. The number of nitrogens with zero attached hydrogens (tertiary/aromatic N) is 3. The zero-order valence-corrected chi connectivity index (χ0v) is 13.0. The van der Waals surface area contributed by atoms with Crippen LogP contribution in [0.25, 0.3) is 5.65 Å². The lowest BCUT2D eigenvalue weighted by Gasteiger charge is -2.08. The fourth-order valence-corrected chi connectivity index (χ4v) is 2.35. The van der Waals surface area contributed by atoms with Gasteiger partial charge in [-0.3, -0.25) is 4.40 Å². The molecule has 0 amide bonds. The maximum atomic E-state index is 4.33. The minimum absolute atomic E-state index is 0.707. The van der Waals surface area contributed by atoms with E-state index >= 15 is 0 Å². The maximum absolute atomic E-state index is 4.33. The third kappa shape index (κ3) is 3.46. The van der Waals surface area contributed by atoms with Crippen molar-refractivity contribution in [2.45, 2.75) is 25.1 Å². The van der Waals surface area contributed by atoms with E-state index in [1.54, 1.807) is 6.20 Å². The van der Waals surface area contributed by atoms with Crippen molar-refractivity contribution in [1.29, 1.82) is 0 Å². The quantitative estimate of drug-likeness (QED) is 0.828. The molecule has 2 aromatic heterocycles. The number of rotatable bonds is 6. The first-order valence-corrected chi connectivity index (χ1v) is 8.00. The van der Waals surface area contributed by atoms with Gasteiger partial charge in [0.2, 0.25) is 0 Å². The van der Waals surface area contributed by atoms with Crippen LogP contribution in [0.1, 0.15) is 19.0 Å². The third-order valence-corrected chi connectivity index (χ3v) is 4.33. The van der Waals surface area contributed by atoms with Gasteiger partial charge in [0.1, 0.15) is 4.60 Å². The second kappa shape index (κ2) is 6.54. The number of hydrogen-bond donors (Lipinski definition) is 1. The van der Waals surface area contributed by atoms with Crippen LogP contribution in [-0.2, 0) is 6.54 Å². The van der Waals surface area contributed by atoms with E-state index in [2.05, 4.69) is 48.8 Å². The van der Waals surface area contributed by atoms with E-state index in [-0.39, 0.29) is 0 Å². The van der Waals surface area contributed by atoms with E-state index in [1.165, 1.54) is 6.42 Å². The summed E-state index contributed by atoms with van der Waals surface area (Å²) in [5.41, 5.74) is 2.04. The first-order valence-electron chi connectivity index (χ1n) is 5.91. The Kier molecular flexibility index (Phi) is 5.03. The highest BCUT2D eigenvalue weighted by molar-refractivity contribution is 9.10. The van der Waals surface area contributed by atoms with Crippen molar-refractivity contribution in [1.82, 2.24) is 19.7 Å². The van der Waals surface area contributed by atoms with Gasteiger partial charge < -0.3 is 5.32 Å². The van der Waals surface area contributed by atoms with E-state index < -0.39 is 0 Å². The standard InChI is InChI=1S/C12H17BrN4S/c1-9(18-2)3-4-14-5-10-6-16-12-7-15-11(13)8-17(10)12/h6-9,14H,3-5H2,1-2H3. The van der Waals surface area contributed by atoms with Crippen LogP contribution in [0.2, 0.25) is 0 Å². The van der Waals surface area contributed by atoms with Crippen LogP contribution in [-0.4, -0.2) is 32.4 Å². The summed E-state index contributed by atoms with van der Waals surface area (Å²) in [6, 6.07) is 0. The van der Waals surface area contributed by atoms with Gasteiger partial charge in [-0.25, -0.2) is 9.97 Å². The molecule has 0 aliphatic rings. The largest absolute Gasteiger partial charge is 0.311 e. The zero-order valence-electron chi connectivity index (χ0n) is 10.6. The van der Waals surface area contributed by atoms with Crippen molar-refractivity contribution >= 4 is 33.3 Å². The van der Waals surface area contributed by atoms with Gasteiger partial charge in [0.15, 0.2) is 5.65 Å². The Labute approximate surface area is 120 Å². The molecule has 0 radical (unpaired) electrons. The SMILES string of the molecule is CSC(C)CCNCc1cnc2cnc(Br)cn12. The van der Waals surface area contributed by atoms with Crippen LogP contribution in [0, 0.1) is 0 Å². The number of fused-ring (bicyclic) bond motifs is 1. The lowest BCUT2D eigenvalue weighted by Crippen LogP contribution is -2.18. The molecule has 0 saturated heterocycles. The van der Waals surface area contributed by atoms with Crippen molar-refractivity contribution in [2.75, 3.05) is 12.8 Å². The van der Waals surface area contributed by atoms with Gasteiger partial charge in [0.05, 0.1) is 18.1 Å². The van der Waals surface area contributed by atoms with E-state index in [0.717, 1.165) is 29.0 Å². The Hall–Kier alpha value is -0.590. The van der Waals surface area contributed by atoms with Crippen molar-refractivity contribution in [3.8, 4) is 0 Å². The Balaban J connectivity index is 1.93. The molecule has 6 heteroatoms. The molecule has 2 rings (SSSR count). The second-order valence-electron chi connectivity index (χ2n) is 4.20. The average molecular weight is 329 g/mol. The monoisotopic (exact) mass is 328 g/mol. The summed E-state index contributed by atoms with van der Waals surface area (Å²) >= 11 is 5.28. The molecule has 2 aromatic rings. The summed E-state index contributed by atoms with van der Waals surface area (Å²) < 4.78 is 2.88. The summed E-state index contributed by atoms with van der Waals surface area (Å²) in [6.07, 6.45) is 8.95. The predicted molar refractivity (Wildman–Crippen MR) is 80.0 cm³/mol. The van der Waals surface area contributed by atoms with Crippen LogP contribution in [0.3, 0.4) is 0 Å². The van der Waals surface area contributed by atoms with Crippen molar-refractivity contribution in [3.05, 3.63) is 28.9 Å². The Bertz CT molecular complexity index is 514. The van der Waals surface area contributed by atoms with Crippen LogP contribution in [0.15, 0.2) is 23.2 Å². The van der Waals surface area contributed by atoms with Crippen LogP contribution >= 0.6 is 27.7 Å². The Morgan fingerprint density at radius 2 is 2.28 bits per heavy atom. The zero-order chi connectivity index (χ0) is 13.0. The highest BCUT2D eigenvalue weighted by Crippen LogP contribution is 2.11. The molecule has 4 nitrogen and oxygen atoms in total. The van der Waals surface area contributed by atoms with Crippen LogP contribution in [0.4, 0.5) is 0 Å². The first-order chi connectivity index (χ1) is 8.70. The second-order valence-corrected chi connectivity index (χ2v) is 6.29. The predicted octanol–water partition coefficient (Wildman–Crippen LogP) is 2.72. The number of hydrogen-bond acceptors (Lipinski definition) is 4. The number of nitrogens with one attached hydrogen (secondary N) is 1. The number of aromatic nitrogens is 3. The summed E-state index contributed by atoms with van der Waals surface area (Å²) in [6.45, 7) is 4.11. The summed E-state index contributed by atoms with van der Waals surface area (Å²) in [7, 11) is 0. The molecule has 1 atom stereocenters. The Morgan fingerprint density at radius 3 is 3.06 bits per heavy atom. The summed E-state index contributed by atoms with van der Waals surface area (Å²) in [5.74, 6) is 0. The normalized spacial score (nSPS) is 13.1. The molecule has 0 saturated carbocycles. The van der Waals surface area contributed by atoms with Crippen molar-refractivity contribution in [2.24, 2.45) is 0 Å². The molecule has 18 heavy (non-hydrogen) atoms. The number of imidazole rings is 1. The minimum Gasteiger partial charge on any atom is -0.311 e. The molecule has 0 spiro atoms. The maximum Gasteiger partial charge on any atom is 0.155 e. The topological polar surface area (TPSA) is 42.2 Å². The molecular weight excluding hydrogens is 312 g/mol. The van der Waals surface area contributed by atoms with Crippen LogP contribution in [0.5, 0.6) is 0 Å². The summed E-state index contributed by atoms with van der Waals surface area (Å²) in [4.78, 5) is 8.49. The fraction of sp³-hybridized carbons (Fsp3) is 0.500. The molecule has 0 fully saturated rings. The van der Waals surface area contributed by atoms with E-state index in [1.807, 2.05) is 24.2 Å². The molecule has 0 aliphatic heterocycles. The number of halogens is 1. The lowest BCUT2D eigenvalue weighted by atomic mass is 10.3. The molecule has 0 aromatic carbocycles. The van der Waals surface area contributed by atoms with Gasteiger partial charge in [-0.1, -0.05) is 6.92 Å². The highest BCUT2D eigenvalue weighted by Gasteiger charge is 2.04. The van der Waals surface area contributed by atoms with Gasteiger partial charge in [0.25, 0.3) is 0 Å². The molecule has 1 unspecified atom stereocenters. The highest BCUT2D eigenvalue weighted by atomic mass is 79.9. The first kappa shape index (κ1) is 13.8. The van der Waals surface area contributed by atoms with Gasteiger partial charge in [-0.15, -0.1) is 0 Å². The molecule has 2 heterocycles.